The van der Waals surface area contributed by atoms with Gasteiger partial charge < -0.3 is 10.6 Å². The van der Waals surface area contributed by atoms with Gasteiger partial charge in [0.25, 0.3) is 0 Å². The maximum atomic E-state index is 10.1. The van der Waals surface area contributed by atoms with Crippen molar-refractivity contribution in [1.29, 1.82) is 0 Å². The fourth-order valence-corrected chi connectivity index (χ4v) is 1.70. The molecule has 11 heavy (non-hydrogen) atoms. The van der Waals surface area contributed by atoms with E-state index in [0.717, 1.165) is 19.3 Å². The second-order valence-corrected chi connectivity index (χ2v) is 3.13. The van der Waals surface area contributed by atoms with Crippen LogP contribution in [0.4, 0.5) is 0 Å². The molecule has 3 heteroatoms. The van der Waals surface area contributed by atoms with Gasteiger partial charge in [-0.1, -0.05) is 0 Å². The molecule has 0 heterocycles. The van der Waals surface area contributed by atoms with Gasteiger partial charge in [-0.25, -0.2) is 0 Å². The van der Waals surface area contributed by atoms with Gasteiger partial charge in [-0.05, 0) is 32.7 Å². The first kappa shape index (κ1) is 8.53. The van der Waals surface area contributed by atoms with Crippen LogP contribution in [-0.2, 0) is 4.79 Å². The van der Waals surface area contributed by atoms with Gasteiger partial charge in [0.15, 0.2) is 0 Å². The molecule has 2 atom stereocenters. The van der Waals surface area contributed by atoms with Crippen molar-refractivity contribution in [2.45, 2.75) is 37.8 Å². The predicted molar refractivity (Wildman–Crippen MR) is 44.3 cm³/mol. The molecule has 1 aliphatic carbocycles. The minimum Gasteiger partial charge on any atom is -0.356 e. The molecule has 2 N–H and O–H groups in total. The lowest BCUT2D eigenvalue weighted by atomic mass is 9.91. The number of nitrogens with one attached hydrogen (secondary N) is 2. The Hall–Kier alpha value is -0.570. The molecule has 2 unspecified atom stereocenters. The largest absolute Gasteiger partial charge is 0.356 e. The van der Waals surface area contributed by atoms with E-state index in [0.29, 0.717) is 12.1 Å². The molecule has 1 fully saturated rings. The zero-order valence-corrected chi connectivity index (χ0v) is 6.97. The number of rotatable bonds is 3. The standard InChI is InChI=1S/C8H16N2O/c1-9-7-3-2-4-8(5-7)10-6-11/h6-9H,2-5H2,1H3,(H,10,11). The van der Waals surface area contributed by atoms with Crippen LogP contribution in [0.25, 0.3) is 0 Å². The van der Waals surface area contributed by atoms with Crippen LogP contribution in [-0.4, -0.2) is 25.5 Å². The molecule has 3 nitrogen and oxygen atoms in total. The lowest BCUT2D eigenvalue weighted by Crippen LogP contribution is -2.40. The van der Waals surface area contributed by atoms with E-state index in [-0.39, 0.29) is 0 Å². The lowest BCUT2D eigenvalue weighted by Gasteiger charge is -2.28. The highest BCUT2D eigenvalue weighted by Crippen LogP contribution is 2.17. The molecule has 0 aliphatic heterocycles. The molecule has 0 aromatic heterocycles. The Kier molecular flexibility index (Phi) is 3.36. The summed E-state index contributed by atoms with van der Waals surface area (Å²) in [4.78, 5) is 10.1. The molecule has 0 bridgehead atoms. The summed E-state index contributed by atoms with van der Waals surface area (Å²) in [6.45, 7) is 0. The molecular formula is C8H16N2O. The first-order valence-electron chi connectivity index (χ1n) is 4.23. The summed E-state index contributed by atoms with van der Waals surface area (Å²) < 4.78 is 0. The zero-order valence-electron chi connectivity index (χ0n) is 6.97. The molecule has 0 saturated heterocycles. The normalized spacial score (nSPS) is 31.4. The van der Waals surface area contributed by atoms with Crippen molar-refractivity contribution >= 4 is 6.41 Å². The maximum absolute atomic E-state index is 10.1. The first-order chi connectivity index (χ1) is 5.36. The lowest BCUT2D eigenvalue weighted by molar-refractivity contribution is -0.110. The highest BCUT2D eigenvalue weighted by Gasteiger charge is 2.19. The predicted octanol–water partition coefficient (Wildman–Crippen LogP) is 0.263. The number of carbonyl (C=O) groups is 1. The molecule has 1 aliphatic rings. The minimum atomic E-state index is 0.402. The van der Waals surface area contributed by atoms with Gasteiger partial charge in [0.1, 0.15) is 0 Å². The average Bonchev–Trinajstić information content (AvgIpc) is 2.06. The third-order valence-corrected chi connectivity index (χ3v) is 2.39. The topological polar surface area (TPSA) is 41.1 Å². The third-order valence-electron chi connectivity index (χ3n) is 2.39. The highest BCUT2D eigenvalue weighted by molar-refractivity contribution is 5.46. The summed E-state index contributed by atoms with van der Waals surface area (Å²) in [5, 5.41) is 6.06. The van der Waals surface area contributed by atoms with Crippen molar-refractivity contribution in [2.75, 3.05) is 7.05 Å². The van der Waals surface area contributed by atoms with Crippen LogP contribution < -0.4 is 10.6 Å². The molecular weight excluding hydrogens is 140 g/mol. The quantitative estimate of drug-likeness (QED) is 0.576. The van der Waals surface area contributed by atoms with Gasteiger partial charge in [0.2, 0.25) is 6.41 Å². The Morgan fingerprint density at radius 3 is 2.73 bits per heavy atom. The molecule has 0 spiro atoms. The summed E-state index contributed by atoms with van der Waals surface area (Å²) >= 11 is 0. The van der Waals surface area contributed by atoms with E-state index >= 15 is 0 Å². The van der Waals surface area contributed by atoms with Crippen LogP contribution in [0.2, 0.25) is 0 Å². The SMILES string of the molecule is CNC1CCCC(NC=O)C1. The van der Waals surface area contributed by atoms with E-state index in [9.17, 15) is 4.79 Å². The first-order valence-corrected chi connectivity index (χ1v) is 4.23. The highest BCUT2D eigenvalue weighted by atomic mass is 16.1. The van der Waals surface area contributed by atoms with Gasteiger partial charge in [0.05, 0.1) is 0 Å². The Morgan fingerprint density at radius 2 is 2.09 bits per heavy atom. The summed E-state index contributed by atoms with van der Waals surface area (Å²) in [5.74, 6) is 0. The Bertz CT molecular complexity index is 127. The number of hydrogen-bond donors (Lipinski definition) is 2. The van der Waals surface area contributed by atoms with E-state index in [1.165, 1.54) is 12.8 Å². The van der Waals surface area contributed by atoms with Crippen molar-refractivity contribution in [3.8, 4) is 0 Å². The van der Waals surface area contributed by atoms with Crippen LogP contribution in [0, 0.1) is 0 Å². The van der Waals surface area contributed by atoms with Gasteiger partial charge in [0, 0.05) is 12.1 Å². The van der Waals surface area contributed by atoms with Gasteiger partial charge in [-0.2, -0.15) is 0 Å². The fraction of sp³-hybridized carbons (Fsp3) is 0.875. The Morgan fingerprint density at radius 1 is 1.36 bits per heavy atom. The zero-order chi connectivity index (χ0) is 8.10. The molecule has 0 radical (unpaired) electrons. The van der Waals surface area contributed by atoms with E-state index in [1.54, 1.807) is 0 Å². The molecule has 1 saturated carbocycles. The van der Waals surface area contributed by atoms with Crippen LogP contribution >= 0.6 is 0 Å². The van der Waals surface area contributed by atoms with Crippen LogP contribution in [0.5, 0.6) is 0 Å². The second kappa shape index (κ2) is 4.34. The Labute approximate surface area is 67.5 Å². The van der Waals surface area contributed by atoms with Crippen molar-refractivity contribution in [1.82, 2.24) is 10.6 Å². The Balaban J connectivity index is 2.27. The molecule has 64 valence electrons. The number of hydrogen-bond acceptors (Lipinski definition) is 2. The second-order valence-electron chi connectivity index (χ2n) is 3.13. The van der Waals surface area contributed by atoms with Crippen LogP contribution in [0.1, 0.15) is 25.7 Å². The van der Waals surface area contributed by atoms with Crippen molar-refractivity contribution in [3.05, 3.63) is 0 Å². The van der Waals surface area contributed by atoms with Crippen molar-refractivity contribution in [3.63, 3.8) is 0 Å². The van der Waals surface area contributed by atoms with E-state index in [4.69, 9.17) is 0 Å². The van der Waals surface area contributed by atoms with E-state index < -0.39 is 0 Å². The van der Waals surface area contributed by atoms with Gasteiger partial charge >= 0.3 is 0 Å². The van der Waals surface area contributed by atoms with Gasteiger partial charge in [-0.3, -0.25) is 4.79 Å². The van der Waals surface area contributed by atoms with Gasteiger partial charge in [-0.15, -0.1) is 0 Å². The summed E-state index contributed by atoms with van der Waals surface area (Å²) in [6.07, 6.45) is 5.49. The molecule has 1 rings (SSSR count). The fourth-order valence-electron chi connectivity index (χ4n) is 1.70. The van der Waals surface area contributed by atoms with Crippen molar-refractivity contribution < 1.29 is 4.79 Å². The maximum Gasteiger partial charge on any atom is 0.207 e. The smallest absolute Gasteiger partial charge is 0.207 e. The monoisotopic (exact) mass is 156 g/mol. The number of carbonyl (C=O) groups excluding carboxylic acids is 1. The van der Waals surface area contributed by atoms with E-state index in [2.05, 4.69) is 10.6 Å². The van der Waals surface area contributed by atoms with Crippen molar-refractivity contribution in [2.24, 2.45) is 0 Å². The third kappa shape index (κ3) is 2.50. The van der Waals surface area contributed by atoms with E-state index in [1.807, 2.05) is 7.05 Å². The van der Waals surface area contributed by atoms with Crippen LogP contribution in [0.15, 0.2) is 0 Å². The van der Waals surface area contributed by atoms with Crippen LogP contribution in [0.3, 0.4) is 0 Å². The summed E-state index contributed by atoms with van der Waals surface area (Å²) in [5.41, 5.74) is 0. The summed E-state index contributed by atoms with van der Waals surface area (Å²) in [7, 11) is 1.98. The number of amides is 1. The summed E-state index contributed by atoms with van der Waals surface area (Å²) in [6, 6.07) is 1.000. The molecule has 1 amide bonds. The molecule has 0 aromatic carbocycles. The molecule has 0 aromatic rings. The average molecular weight is 156 g/mol. The minimum absolute atomic E-state index is 0.402.